The Morgan fingerprint density at radius 1 is 1.26 bits per heavy atom. The van der Waals surface area contributed by atoms with Gasteiger partial charge in [0.25, 0.3) is 0 Å². The Kier molecular flexibility index (Phi) is 15.1. The Morgan fingerprint density at radius 3 is 2.59 bits per heavy atom. The maximum absolute atomic E-state index is 8.47. The van der Waals surface area contributed by atoms with Gasteiger partial charge in [-0.1, -0.05) is 32.9 Å². The number of hydrogen-bond acceptors (Lipinski definition) is 4. The molecule has 0 unspecified atom stereocenters. The van der Waals surface area contributed by atoms with Crippen LogP contribution in [0.5, 0.6) is 5.75 Å². The summed E-state index contributed by atoms with van der Waals surface area (Å²) in [6, 6.07) is 8.24. The molecule has 27 heavy (non-hydrogen) atoms. The number of aliphatic hydroxyl groups excluding tert-OH is 1. The summed E-state index contributed by atoms with van der Waals surface area (Å²) in [5.74, 6) is 1.85. The molecule has 0 saturated heterocycles. The van der Waals surface area contributed by atoms with E-state index in [1.165, 1.54) is 18.4 Å². The Balaban J connectivity index is 0. The minimum Gasteiger partial charge on any atom is -0.493 e. The molecule has 1 aromatic carbocycles. The first-order chi connectivity index (χ1) is 12.5. The Labute approximate surface area is 179 Å². The first kappa shape index (κ1) is 26.5. The molecule has 0 aliphatic heterocycles. The minimum atomic E-state index is 0. The van der Waals surface area contributed by atoms with E-state index in [2.05, 4.69) is 45.1 Å². The molecule has 2 N–H and O–H groups in total. The zero-order valence-corrected chi connectivity index (χ0v) is 19.1. The molecule has 0 bridgehead atoms. The monoisotopic (exact) mass is 418 g/mol. The summed E-state index contributed by atoms with van der Waals surface area (Å²) in [7, 11) is 0. The topological polar surface area (TPSA) is 50.7 Å². The summed E-state index contributed by atoms with van der Waals surface area (Å²) in [5.41, 5.74) is 1.58. The van der Waals surface area contributed by atoms with Crippen molar-refractivity contribution >= 4 is 0 Å². The van der Waals surface area contributed by atoms with Gasteiger partial charge >= 0.3 is 0 Å². The summed E-state index contributed by atoms with van der Waals surface area (Å²) in [6.07, 6.45) is 5.98. The molecule has 0 spiro atoms. The van der Waals surface area contributed by atoms with Gasteiger partial charge in [0.15, 0.2) is 0 Å². The van der Waals surface area contributed by atoms with Gasteiger partial charge in [0.1, 0.15) is 5.75 Å². The summed E-state index contributed by atoms with van der Waals surface area (Å²) < 4.78 is 11.2. The Hall–Kier alpha value is -0.516. The normalized spacial score (nSPS) is 13.4. The molecule has 1 aromatic rings. The second-order valence-electron chi connectivity index (χ2n) is 8.01. The van der Waals surface area contributed by atoms with Gasteiger partial charge in [-0.15, -0.1) is 0 Å². The van der Waals surface area contributed by atoms with E-state index in [1.807, 2.05) is 12.1 Å². The van der Waals surface area contributed by atoms with Crippen LogP contribution < -0.4 is 10.1 Å². The minimum absolute atomic E-state index is 0. The fourth-order valence-corrected chi connectivity index (χ4v) is 2.19. The van der Waals surface area contributed by atoms with Crippen LogP contribution in [0.1, 0.15) is 59.9 Å². The predicted octanol–water partition coefficient (Wildman–Crippen LogP) is 4.79. The average Bonchev–Trinajstić information content (AvgIpc) is 3.44. The van der Waals surface area contributed by atoms with Gasteiger partial charge in [0.2, 0.25) is 0 Å². The third-order valence-electron chi connectivity index (χ3n) is 4.63. The molecule has 1 radical (unpaired) electrons. The van der Waals surface area contributed by atoms with Crippen molar-refractivity contribution in [3.8, 4) is 5.75 Å². The van der Waals surface area contributed by atoms with Crippen molar-refractivity contribution in [1.29, 1.82) is 0 Å². The second kappa shape index (κ2) is 15.4. The van der Waals surface area contributed by atoms with Crippen molar-refractivity contribution < 1.29 is 34.6 Å². The first-order valence-electron chi connectivity index (χ1n) is 10.1. The molecule has 0 aromatic heterocycles. The number of unbranched alkanes of at least 4 members (excludes halogenated alkanes) is 1. The van der Waals surface area contributed by atoms with Gasteiger partial charge in [0.05, 0.1) is 19.9 Å². The van der Waals surface area contributed by atoms with Crippen LogP contribution in [-0.4, -0.2) is 38.2 Å². The Morgan fingerprint density at radius 2 is 2.00 bits per heavy atom. The molecule has 1 aliphatic rings. The number of aryl methyl sites for hydroxylation is 1. The van der Waals surface area contributed by atoms with Crippen molar-refractivity contribution in [2.24, 2.45) is 11.3 Å². The van der Waals surface area contributed by atoms with Crippen LogP contribution in [0.3, 0.4) is 0 Å². The van der Waals surface area contributed by atoms with Crippen molar-refractivity contribution in [2.45, 2.75) is 59.8 Å². The van der Waals surface area contributed by atoms with Gasteiger partial charge < -0.3 is 14.6 Å². The van der Waals surface area contributed by atoms with E-state index >= 15 is 0 Å². The summed E-state index contributed by atoms with van der Waals surface area (Å²) >= 11 is 0. The fourth-order valence-electron chi connectivity index (χ4n) is 2.19. The zero-order chi connectivity index (χ0) is 19.3. The molecule has 157 valence electrons. The fraction of sp³-hybridized carbons (Fsp3) is 0.727. The first-order valence-corrected chi connectivity index (χ1v) is 10.1. The van der Waals surface area contributed by atoms with Crippen LogP contribution >= 0.6 is 0 Å². The standard InChI is InChI=1S/C11H25NO2.C11H14O.V.H2/c1-4-11(2,3)9-14-8-6-5-7-12-10-13;1-9-3-2-4-11(7-9)12-8-10-5-6-10;;/h12-13H,4-10H2,1-3H3;2-4,7,10H,5-6,8H2,1H3;;1H. The van der Waals surface area contributed by atoms with Crippen molar-refractivity contribution in [1.82, 2.24) is 5.32 Å². The van der Waals surface area contributed by atoms with Gasteiger partial charge in [0, 0.05) is 26.6 Å². The molecule has 2 rings (SSSR count). The molecule has 1 fully saturated rings. The van der Waals surface area contributed by atoms with E-state index < -0.39 is 0 Å². The average molecular weight is 419 g/mol. The number of hydrogen-bond donors (Lipinski definition) is 2. The van der Waals surface area contributed by atoms with Crippen LogP contribution in [0, 0.1) is 18.3 Å². The molecule has 0 heterocycles. The van der Waals surface area contributed by atoms with E-state index in [0.717, 1.165) is 57.3 Å². The predicted molar refractivity (Wildman–Crippen MR) is 111 cm³/mol. The molecule has 0 atom stereocenters. The molecule has 4 nitrogen and oxygen atoms in total. The number of nitrogens with one attached hydrogen (secondary N) is 1. The summed E-state index contributed by atoms with van der Waals surface area (Å²) in [5, 5.41) is 11.3. The maximum Gasteiger partial charge on any atom is 0.119 e. The molecular weight excluding hydrogens is 377 g/mol. The molecule has 5 heteroatoms. The SMILES string of the molecule is CCC(C)(C)COCCCCNCO.Cc1cccc(OCC2CC2)c1.[HH].[V]. The smallest absolute Gasteiger partial charge is 0.119 e. The largest absolute Gasteiger partial charge is 0.493 e. The third-order valence-corrected chi connectivity index (χ3v) is 4.63. The summed E-state index contributed by atoms with van der Waals surface area (Å²) in [4.78, 5) is 0. The number of ether oxygens (including phenoxy) is 2. The molecular formula is C22H41NO3V. The van der Waals surface area contributed by atoms with Crippen molar-refractivity contribution in [3.05, 3.63) is 29.8 Å². The van der Waals surface area contributed by atoms with Crippen LogP contribution in [0.15, 0.2) is 24.3 Å². The van der Waals surface area contributed by atoms with E-state index in [9.17, 15) is 0 Å². The van der Waals surface area contributed by atoms with Crippen molar-refractivity contribution in [2.75, 3.05) is 33.1 Å². The second-order valence-corrected chi connectivity index (χ2v) is 8.01. The van der Waals surface area contributed by atoms with Gasteiger partial charge in [-0.05, 0) is 74.6 Å². The van der Waals surface area contributed by atoms with Gasteiger partial charge in [-0.25, -0.2) is 0 Å². The third kappa shape index (κ3) is 15.1. The maximum atomic E-state index is 8.47. The van der Waals surface area contributed by atoms with E-state index in [0.29, 0.717) is 5.41 Å². The van der Waals surface area contributed by atoms with Crippen LogP contribution in [-0.2, 0) is 23.3 Å². The number of rotatable bonds is 12. The molecule has 1 saturated carbocycles. The number of benzene rings is 1. The van der Waals surface area contributed by atoms with E-state index in [-0.39, 0.29) is 26.7 Å². The Bertz CT molecular complexity index is 485. The molecule has 1 aliphatic carbocycles. The van der Waals surface area contributed by atoms with E-state index in [4.69, 9.17) is 14.6 Å². The van der Waals surface area contributed by atoms with Crippen LogP contribution in [0.25, 0.3) is 0 Å². The summed E-state index contributed by atoms with van der Waals surface area (Å²) in [6.45, 7) is 12.2. The quantitative estimate of drug-likeness (QED) is 0.379. The number of aliphatic hydroxyl groups is 1. The zero-order valence-electron chi connectivity index (χ0n) is 17.7. The molecule has 0 amide bonds. The van der Waals surface area contributed by atoms with Crippen molar-refractivity contribution in [3.63, 3.8) is 0 Å². The van der Waals surface area contributed by atoms with Crippen LogP contribution in [0.2, 0.25) is 0 Å². The van der Waals surface area contributed by atoms with Crippen LogP contribution in [0.4, 0.5) is 0 Å². The van der Waals surface area contributed by atoms with E-state index in [1.54, 1.807) is 0 Å². The van der Waals surface area contributed by atoms with Gasteiger partial charge in [-0.2, -0.15) is 0 Å². The van der Waals surface area contributed by atoms with Gasteiger partial charge in [-0.3, -0.25) is 5.32 Å².